The molecule has 0 aliphatic carbocycles. The van der Waals surface area contributed by atoms with Gasteiger partial charge in [0.1, 0.15) is 5.75 Å². The van der Waals surface area contributed by atoms with Gasteiger partial charge in [0.15, 0.2) is 0 Å². The van der Waals surface area contributed by atoms with Crippen LogP contribution in [0.2, 0.25) is 0 Å². The number of carbonyl (C=O) groups is 1. The van der Waals surface area contributed by atoms with Crippen molar-refractivity contribution in [3.05, 3.63) is 59.7 Å². The van der Waals surface area contributed by atoms with Crippen molar-refractivity contribution < 1.29 is 17.4 Å². The Bertz CT molecular complexity index is 771. The van der Waals surface area contributed by atoms with Gasteiger partial charge in [-0.05, 0) is 36.8 Å². The van der Waals surface area contributed by atoms with Crippen molar-refractivity contribution >= 4 is 22.0 Å². The number of nitrogens with one attached hydrogen (secondary N) is 2. The van der Waals surface area contributed by atoms with Crippen molar-refractivity contribution in [1.29, 1.82) is 0 Å². The highest BCUT2D eigenvalue weighted by molar-refractivity contribution is 7.84. The van der Waals surface area contributed by atoms with E-state index >= 15 is 0 Å². The van der Waals surface area contributed by atoms with Crippen LogP contribution in [0.15, 0.2) is 48.5 Å². The van der Waals surface area contributed by atoms with Gasteiger partial charge in [-0.1, -0.05) is 29.8 Å². The van der Waals surface area contributed by atoms with Gasteiger partial charge in [0, 0.05) is 12.2 Å². The second-order valence-electron chi connectivity index (χ2n) is 4.89. The highest BCUT2D eigenvalue weighted by Crippen LogP contribution is 2.16. The summed E-state index contributed by atoms with van der Waals surface area (Å²) in [7, 11) is -4.06. The van der Waals surface area contributed by atoms with Gasteiger partial charge in [-0.2, -0.15) is 13.6 Å². The fraction of sp³-hybridized carbons (Fsp3) is 0.133. The zero-order valence-electron chi connectivity index (χ0n) is 12.4. The van der Waals surface area contributed by atoms with Crippen LogP contribution < -0.4 is 20.0 Å². The lowest BCUT2D eigenvalue weighted by Gasteiger charge is -2.09. The number of nitrogens with two attached hydrogens (primary N) is 1. The van der Waals surface area contributed by atoms with Crippen molar-refractivity contribution in [3.63, 3.8) is 0 Å². The molecule has 0 aliphatic heterocycles. The number of anilines is 1. The summed E-state index contributed by atoms with van der Waals surface area (Å²) < 4.78 is 26.1. The molecule has 8 heteroatoms. The van der Waals surface area contributed by atoms with Crippen LogP contribution in [0.5, 0.6) is 5.75 Å². The maximum Gasteiger partial charge on any atom is 0.380 e. The molecule has 0 bridgehead atoms. The average Bonchev–Trinajstić information content (AvgIpc) is 2.47. The van der Waals surface area contributed by atoms with E-state index in [0.717, 1.165) is 11.1 Å². The monoisotopic (exact) mass is 335 g/mol. The van der Waals surface area contributed by atoms with Crippen LogP contribution in [-0.4, -0.2) is 14.4 Å². The molecule has 0 heterocycles. The third kappa shape index (κ3) is 5.97. The number of urea groups is 1. The van der Waals surface area contributed by atoms with Crippen molar-refractivity contribution in [2.75, 3.05) is 5.32 Å². The second-order valence-corrected chi connectivity index (χ2v) is 6.05. The van der Waals surface area contributed by atoms with Crippen LogP contribution in [-0.2, 0) is 16.8 Å². The molecule has 2 rings (SSSR count). The number of rotatable bonds is 5. The van der Waals surface area contributed by atoms with E-state index in [2.05, 4.69) is 14.8 Å². The molecule has 0 atom stereocenters. The molecule has 0 fully saturated rings. The smallest absolute Gasteiger partial charge is 0.371 e. The lowest BCUT2D eigenvalue weighted by Crippen LogP contribution is -2.28. The average molecular weight is 335 g/mol. The molecule has 2 aromatic rings. The van der Waals surface area contributed by atoms with Gasteiger partial charge in [0.2, 0.25) is 0 Å². The molecule has 0 spiro atoms. The Morgan fingerprint density at radius 3 is 2.26 bits per heavy atom. The van der Waals surface area contributed by atoms with Crippen LogP contribution in [0.3, 0.4) is 0 Å². The molecular weight excluding hydrogens is 318 g/mol. The van der Waals surface area contributed by atoms with E-state index in [4.69, 9.17) is 5.14 Å². The van der Waals surface area contributed by atoms with Gasteiger partial charge < -0.3 is 14.8 Å². The Hall–Kier alpha value is -2.58. The number of aryl methyl sites for hydroxylation is 1. The molecule has 7 nitrogen and oxygen atoms in total. The molecule has 0 saturated heterocycles. The first-order valence-corrected chi connectivity index (χ1v) is 8.22. The quantitative estimate of drug-likeness (QED) is 0.775. The first-order chi connectivity index (χ1) is 10.8. The standard InChI is InChI=1S/C15H17N3O4S/c1-11-2-4-12(5-3-11)10-17-15(19)18-13-6-8-14(9-7-13)22-23(16,20)21/h2-9H,10H2,1H3,(H2,16,20,21)(H2,17,18,19). The van der Waals surface area contributed by atoms with E-state index in [1.54, 1.807) is 0 Å². The highest BCUT2D eigenvalue weighted by Gasteiger charge is 2.06. The van der Waals surface area contributed by atoms with E-state index in [1.807, 2.05) is 31.2 Å². The van der Waals surface area contributed by atoms with Crippen LogP contribution in [0.1, 0.15) is 11.1 Å². The second kappa shape index (κ2) is 7.12. The third-order valence-electron chi connectivity index (χ3n) is 2.90. The van der Waals surface area contributed by atoms with Crippen LogP contribution in [0, 0.1) is 6.92 Å². The fourth-order valence-electron chi connectivity index (χ4n) is 1.79. The summed E-state index contributed by atoms with van der Waals surface area (Å²) in [6.45, 7) is 2.39. The van der Waals surface area contributed by atoms with Crippen molar-refractivity contribution in [1.82, 2.24) is 5.32 Å². The van der Waals surface area contributed by atoms with E-state index in [1.165, 1.54) is 24.3 Å². The van der Waals surface area contributed by atoms with Gasteiger partial charge in [-0.15, -0.1) is 0 Å². The maximum absolute atomic E-state index is 11.8. The van der Waals surface area contributed by atoms with Crippen LogP contribution in [0.4, 0.5) is 10.5 Å². The molecule has 4 N–H and O–H groups in total. The number of hydrogen-bond donors (Lipinski definition) is 3. The van der Waals surface area contributed by atoms with E-state index in [0.29, 0.717) is 12.2 Å². The van der Waals surface area contributed by atoms with Gasteiger partial charge >= 0.3 is 16.3 Å². The molecule has 2 aromatic carbocycles. The first-order valence-electron chi connectivity index (χ1n) is 6.74. The highest BCUT2D eigenvalue weighted by atomic mass is 32.2. The predicted molar refractivity (Wildman–Crippen MR) is 87.2 cm³/mol. The molecule has 122 valence electrons. The van der Waals surface area contributed by atoms with E-state index in [-0.39, 0.29) is 11.8 Å². The minimum atomic E-state index is -4.06. The molecular formula is C15H17N3O4S. The van der Waals surface area contributed by atoms with Crippen molar-refractivity contribution in [2.24, 2.45) is 5.14 Å². The normalized spacial score (nSPS) is 10.9. The van der Waals surface area contributed by atoms with Gasteiger partial charge in [-0.3, -0.25) is 0 Å². The third-order valence-corrected chi connectivity index (χ3v) is 3.32. The molecule has 0 saturated carbocycles. The first kappa shape index (κ1) is 16.8. The Kier molecular flexibility index (Phi) is 5.20. The summed E-state index contributed by atoms with van der Waals surface area (Å²) >= 11 is 0. The summed E-state index contributed by atoms with van der Waals surface area (Å²) in [5, 5.41) is 10.1. The van der Waals surface area contributed by atoms with Crippen molar-refractivity contribution in [3.8, 4) is 5.75 Å². The zero-order valence-corrected chi connectivity index (χ0v) is 13.3. The number of carbonyl (C=O) groups excluding carboxylic acids is 1. The molecule has 0 aliphatic rings. The molecule has 0 aromatic heterocycles. The van der Waals surface area contributed by atoms with Gasteiger partial charge in [-0.25, -0.2) is 4.79 Å². The zero-order chi connectivity index (χ0) is 16.9. The minimum Gasteiger partial charge on any atom is -0.371 e. The van der Waals surface area contributed by atoms with Crippen molar-refractivity contribution in [2.45, 2.75) is 13.5 Å². The minimum absolute atomic E-state index is 0.0677. The Morgan fingerprint density at radius 1 is 1.09 bits per heavy atom. The number of amides is 2. The predicted octanol–water partition coefficient (Wildman–Crippen LogP) is 1.90. The van der Waals surface area contributed by atoms with Gasteiger partial charge in [0.25, 0.3) is 0 Å². The summed E-state index contributed by atoms with van der Waals surface area (Å²) in [6, 6.07) is 13.2. The number of benzene rings is 2. The Balaban J connectivity index is 1.86. The molecule has 0 unspecified atom stereocenters. The van der Waals surface area contributed by atoms with Gasteiger partial charge in [0.05, 0.1) is 0 Å². The molecule has 2 amide bonds. The SMILES string of the molecule is Cc1ccc(CNC(=O)Nc2ccc(OS(N)(=O)=O)cc2)cc1. The maximum atomic E-state index is 11.8. The van der Waals surface area contributed by atoms with Crippen LogP contribution in [0.25, 0.3) is 0 Å². The molecule has 0 radical (unpaired) electrons. The Morgan fingerprint density at radius 2 is 1.70 bits per heavy atom. The summed E-state index contributed by atoms with van der Waals surface area (Å²) in [6.07, 6.45) is 0. The number of hydrogen-bond acceptors (Lipinski definition) is 4. The largest absolute Gasteiger partial charge is 0.380 e. The van der Waals surface area contributed by atoms with Crippen LogP contribution >= 0.6 is 0 Å². The Labute approximate surface area is 134 Å². The fourth-order valence-corrected chi connectivity index (χ4v) is 2.17. The van der Waals surface area contributed by atoms with E-state index < -0.39 is 10.3 Å². The summed E-state index contributed by atoms with van der Waals surface area (Å²) in [5.74, 6) is 0.0677. The molecule has 23 heavy (non-hydrogen) atoms. The lowest BCUT2D eigenvalue weighted by molar-refractivity contribution is 0.251. The summed E-state index contributed by atoms with van der Waals surface area (Å²) in [5.41, 5.74) is 2.64. The lowest BCUT2D eigenvalue weighted by atomic mass is 10.1. The van der Waals surface area contributed by atoms with E-state index in [9.17, 15) is 13.2 Å². The topological polar surface area (TPSA) is 111 Å². The summed E-state index contributed by atoms with van der Waals surface area (Å²) in [4.78, 5) is 11.8.